The van der Waals surface area contributed by atoms with Gasteiger partial charge >= 0.3 is 6.16 Å². The van der Waals surface area contributed by atoms with Crippen molar-refractivity contribution < 1.29 is 42.7 Å². The van der Waals surface area contributed by atoms with Crippen molar-refractivity contribution >= 4 is 6.16 Å². The Morgan fingerprint density at radius 2 is 1.48 bits per heavy atom. The van der Waals surface area contributed by atoms with E-state index in [1.807, 2.05) is 36.4 Å². The van der Waals surface area contributed by atoms with Gasteiger partial charge in [0.15, 0.2) is 12.2 Å². The first-order valence-corrected chi connectivity index (χ1v) is 9.52. The molecule has 0 N–H and O–H groups in total. The number of benzene rings is 2. The van der Waals surface area contributed by atoms with Crippen molar-refractivity contribution in [2.75, 3.05) is 26.7 Å². The first-order chi connectivity index (χ1) is 12.6. The first-order valence-electron chi connectivity index (χ1n) is 9.52. The van der Waals surface area contributed by atoms with E-state index in [0.29, 0.717) is 5.92 Å². The van der Waals surface area contributed by atoms with Crippen LogP contribution in [-0.4, -0.2) is 43.4 Å². The Hall–Kier alpha value is -1.60. The van der Waals surface area contributed by atoms with Crippen LogP contribution in [0.5, 0.6) is 0 Å². The molecule has 0 radical (unpaired) electrons. The number of nitrogens with zero attached hydrogens (tertiary/aromatic N) is 1. The first kappa shape index (κ1) is 18.7. The molecule has 2 aromatic rings. The van der Waals surface area contributed by atoms with Crippen LogP contribution >= 0.6 is 0 Å². The number of carbonyl (C=O) groups is 1. The van der Waals surface area contributed by atoms with E-state index in [-0.39, 0.29) is 36.2 Å². The van der Waals surface area contributed by atoms with Crippen molar-refractivity contribution in [1.82, 2.24) is 0 Å². The standard InChI is InChI=1S/C22H24NO3.HI/c1-23-12-10-15(11-13-23)20(14-23)25-22(24)26-21-18-8-4-2-6-16(18)17-7-3-5-9-19(17)21;/h2-9,15,20-21H,10-14H2,1H3;1H/q+1;/p-1/t15?,20-,23?;/m0./s1. The Morgan fingerprint density at radius 3 is 2.04 bits per heavy atom. The van der Waals surface area contributed by atoms with Gasteiger partial charge in [0.25, 0.3) is 0 Å². The largest absolute Gasteiger partial charge is 1.00 e. The zero-order chi connectivity index (χ0) is 17.7. The van der Waals surface area contributed by atoms with Gasteiger partial charge in [-0.15, -0.1) is 0 Å². The van der Waals surface area contributed by atoms with Crippen molar-refractivity contribution in [2.45, 2.75) is 25.0 Å². The Morgan fingerprint density at radius 1 is 0.926 bits per heavy atom. The van der Waals surface area contributed by atoms with Gasteiger partial charge in [0, 0.05) is 29.9 Å². The Labute approximate surface area is 177 Å². The highest BCUT2D eigenvalue weighted by molar-refractivity contribution is 5.79. The summed E-state index contributed by atoms with van der Waals surface area (Å²) < 4.78 is 12.7. The van der Waals surface area contributed by atoms with Crippen molar-refractivity contribution in [3.63, 3.8) is 0 Å². The zero-order valence-corrected chi connectivity index (χ0v) is 17.6. The molecule has 3 saturated heterocycles. The molecule has 27 heavy (non-hydrogen) atoms. The van der Waals surface area contributed by atoms with Crippen molar-refractivity contribution in [1.29, 1.82) is 0 Å². The molecule has 3 fully saturated rings. The monoisotopic (exact) mass is 477 g/mol. The van der Waals surface area contributed by atoms with E-state index in [9.17, 15) is 4.79 Å². The number of piperidine rings is 3. The fourth-order valence-corrected chi connectivity index (χ4v) is 4.97. The lowest BCUT2D eigenvalue weighted by Crippen LogP contribution is -3.00. The average molecular weight is 477 g/mol. The van der Waals surface area contributed by atoms with Gasteiger partial charge in [0.2, 0.25) is 0 Å². The predicted octanol–water partition coefficient (Wildman–Crippen LogP) is 1.15. The molecule has 0 unspecified atom stereocenters. The molecule has 0 amide bonds. The van der Waals surface area contributed by atoms with Crippen LogP contribution in [0.25, 0.3) is 11.1 Å². The fraction of sp³-hybridized carbons (Fsp3) is 0.409. The van der Waals surface area contributed by atoms with Gasteiger partial charge in [0.05, 0.1) is 20.1 Å². The third kappa shape index (κ3) is 3.25. The highest BCUT2D eigenvalue weighted by Crippen LogP contribution is 2.45. The Bertz CT molecular complexity index is 815. The summed E-state index contributed by atoms with van der Waals surface area (Å²) in [6, 6.07) is 16.3. The quantitative estimate of drug-likeness (QED) is 0.370. The molecule has 0 spiro atoms. The van der Waals surface area contributed by atoms with Crippen LogP contribution in [0.3, 0.4) is 0 Å². The van der Waals surface area contributed by atoms with Crippen LogP contribution in [0.15, 0.2) is 48.5 Å². The Kier molecular flexibility index (Phi) is 4.93. The number of hydrogen-bond acceptors (Lipinski definition) is 3. The third-order valence-corrected chi connectivity index (χ3v) is 6.46. The normalized spacial score (nSPS) is 28.0. The van der Waals surface area contributed by atoms with E-state index < -0.39 is 6.16 Å². The summed E-state index contributed by atoms with van der Waals surface area (Å²) in [7, 11) is 2.26. The van der Waals surface area contributed by atoms with Crippen LogP contribution < -0.4 is 24.0 Å². The number of likely N-dealkylation sites (N-methyl/N-ethyl adjacent to an activating group) is 1. The number of hydrogen-bond donors (Lipinski definition) is 0. The van der Waals surface area contributed by atoms with E-state index in [1.54, 1.807) is 0 Å². The molecule has 0 saturated carbocycles. The predicted molar refractivity (Wildman–Crippen MR) is 98.6 cm³/mol. The van der Waals surface area contributed by atoms with Crippen molar-refractivity contribution in [2.24, 2.45) is 5.92 Å². The summed E-state index contributed by atoms with van der Waals surface area (Å²) in [5.74, 6) is 0.491. The summed E-state index contributed by atoms with van der Waals surface area (Å²) >= 11 is 0. The van der Waals surface area contributed by atoms with Crippen molar-refractivity contribution in [3.8, 4) is 11.1 Å². The average Bonchev–Trinajstić information content (AvgIpc) is 2.96. The lowest BCUT2D eigenvalue weighted by atomic mass is 9.84. The lowest BCUT2D eigenvalue weighted by molar-refractivity contribution is -0.928. The number of rotatable bonds is 2. The maximum atomic E-state index is 12.6. The van der Waals surface area contributed by atoms with Gasteiger partial charge in [-0.3, -0.25) is 0 Å². The molecule has 2 bridgehead atoms. The maximum Gasteiger partial charge on any atom is 0.509 e. The number of carbonyl (C=O) groups excluding carboxylic acids is 1. The fourth-order valence-electron chi connectivity index (χ4n) is 4.97. The summed E-state index contributed by atoms with van der Waals surface area (Å²) in [4.78, 5) is 12.6. The maximum absolute atomic E-state index is 12.6. The molecule has 3 aliphatic heterocycles. The number of quaternary nitrogens is 1. The third-order valence-electron chi connectivity index (χ3n) is 6.46. The molecule has 5 heteroatoms. The molecular formula is C22H24INO3. The van der Waals surface area contributed by atoms with Crippen LogP contribution in [-0.2, 0) is 9.47 Å². The van der Waals surface area contributed by atoms with Crippen LogP contribution in [0.1, 0.15) is 30.1 Å². The zero-order valence-electron chi connectivity index (χ0n) is 15.4. The molecule has 0 aromatic heterocycles. The molecule has 4 nitrogen and oxygen atoms in total. The second kappa shape index (κ2) is 7.09. The highest BCUT2D eigenvalue weighted by Gasteiger charge is 2.45. The minimum Gasteiger partial charge on any atom is -1.00 e. The SMILES string of the molecule is C[N+]12CCC(CC1)[C@@H](OC(=O)OC1c3ccccc3-c3ccccc31)C2.[I-]. The molecule has 1 atom stereocenters. The molecule has 2 aromatic carbocycles. The molecule has 142 valence electrons. The van der Waals surface area contributed by atoms with Crippen LogP contribution in [0.4, 0.5) is 4.79 Å². The molecule has 3 heterocycles. The van der Waals surface area contributed by atoms with Gasteiger partial charge in [-0.05, 0) is 11.1 Å². The van der Waals surface area contributed by atoms with Gasteiger partial charge in [-0.1, -0.05) is 48.5 Å². The second-order valence-electron chi connectivity index (χ2n) is 8.17. The van der Waals surface area contributed by atoms with E-state index in [4.69, 9.17) is 9.47 Å². The van der Waals surface area contributed by atoms with Gasteiger partial charge in [0.1, 0.15) is 6.54 Å². The number of fused-ring (bicyclic) bond motifs is 6. The minimum absolute atomic E-state index is 0. The number of halogens is 1. The summed E-state index contributed by atoms with van der Waals surface area (Å²) in [5, 5.41) is 0. The highest BCUT2D eigenvalue weighted by atomic mass is 127. The van der Waals surface area contributed by atoms with E-state index >= 15 is 0 Å². The molecule has 1 aliphatic carbocycles. The van der Waals surface area contributed by atoms with Crippen LogP contribution in [0.2, 0.25) is 0 Å². The van der Waals surface area contributed by atoms with Gasteiger partial charge in [-0.2, -0.15) is 0 Å². The molecular weight excluding hydrogens is 453 g/mol. The van der Waals surface area contributed by atoms with E-state index in [0.717, 1.165) is 46.1 Å². The van der Waals surface area contributed by atoms with E-state index in [2.05, 4.69) is 19.2 Å². The summed E-state index contributed by atoms with van der Waals surface area (Å²) in [5.41, 5.74) is 4.36. The van der Waals surface area contributed by atoms with Crippen LogP contribution in [0, 0.1) is 5.92 Å². The summed E-state index contributed by atoms with van der Waals surface area (Å²) in [6.07, 6.45) is 1.36. The summed E-state index contributed by atoms with van der Waals surface area (Å²) in [6.45, 7) is 3.31. The molecule has 4 aliphatic rings. The minimum atomic E-state index is -0.535. The van der Waals surface area contributed by atoms with E-state index in [1.165, 1.54) is 13.1 Å². The molecule has 6 rings (SSSR count). The second-order valence-corrected chi connectivity index (χ2v) is 8.17. The van der Waals surface area contributed by atoms with Gasteiger partial charge < -0.3 is 37.9 Å². The van der Waals surface area contributed by atoms with Gasteiger partial charge in [-0.25, -0.2) is 4.79 Å². The smallest absolute Gasteiger partial charge is 0.509 e. The van der Waals surface area contributed by atoms with Crippen molar-refractivity contribution in [3.05, 3.63) is 59.7 Å². The topological polar surface area (TPSA) is 35.5 Å². The number of ether oxygens (including phenoxy) is 2. The lowest BCUT2D eigenvalue weighted by Gasteiger charge is -2.49. The Balaban J connectivity index is 0.00000180.